The largest absolute Gasteiger partial charge is 0.384 e. The van der Waals surface area contributed by atoms with E-state index in [9.17, 15) is 9.90 Å². The van der Waals surface area contributed by atoms with Gasteiger partial charge in [-0.05, 0) is 34.4 Å². The summed E-state index contributed by atoms with van der Waals surface area (Å²) in [5, 5.41) is 13.2. The fourth-order valence-corrected chi connectivity index (χ4v) is 2.50. The fourth-order valence-electron chi connectivity index (χ4n) is 2.50. The van der Waals surface area contributed by atoms with Gasteiger partial charge in [0.2, 0.25) is 0 Å². The van der Waals surface area contributed by atoms with Gasteiger partial charge in [0, 0.05) is 19.8 Å². The molecular formula is C16H16N2O2. The first-order valence-corrected chi connectivity index (χ1v) is 6.47. The molecule has 3 rings (SSSR count). The summed E-state index contributed by atoms with van der Waals surface area (Å²) in [6.07, 6.45) is -0.627. The summed E-state index contributed by atoms with van der Waals surface area (Å²) in [5.41, 5.74) is 4.52. The molecular weight excluding hydrogens is 252 g/mol. The van der Waals surface area contributed by atoms with Gasteiger partial charge in [-0.2, -0.15) is 0 Å². The van der Waals surface area contributed by atoms with E-state index in [4.69, 9.17) is 0 Å². The van der Waals surface area contributed by atoms with Crippen molar-refractivity contribution in [2.24, 2.45) is 0 Å². The average molecular weight is 268 g/mol. The average Bonchev–Trinajstić information content (AvgIpc) is 2.73. The molecule has 2 aromatic rings. The zero-order valence-corrected chi connectivity index (χ0v) is 11.4. The van der Waals surface area contributed by atoms with Crippen molar-refractivity contribution in [2.75, 3.05) is 19.4 Å². The molecule has 0 radical (unpaired) electrons. The number of rotatable bonds is 1. The Hall–Kier alpha value is -2.33. The van der Waals surface area contributed by atoms with Crippen molar-refractivity contribution >= 4 is 11.7 Å². The monoisotopic (exact) mass is 268 g/mol. The van der Waals surface area contributed by atoms with Crippen molar-refractivity contribution < 1.29 is 9.90 Å². The first-order valence-electron chi connectivity index (χ1n) is 6.47. The van der Waals surface area contributed by atoms with Crippen LogP contribution in [-0.4, -0.2) is 30.1 Å². The maximum Gasteiger partial charge on any atom is 0.321 e. The SMILES string of the molecule is CN(C)C(=O)Nc1ccc2c(c1)C(O)c1ccccc1-2. The van der Waals surface area contributed by atoms with Gasteiger partial charge in [-0.25, -0.2) is 4.79 Å². The van der Waals surface area contributed by atoms with Crippen molar-refractivity contribution in [3.63, 3.8) is 0 Å². The molecule has 2 amide bonds. The number of amides is 2. The summed E-state index contributed by atoms with van der Waals surface area (Å²) in [4.78, 5) is 13.1. The van der Waals surface area contributed by atoms with Crippen LogP contribution < -0.4 is 5.32 Å². The van der Waals surface area contributed by atoms with E-state index < -0.39 is 6.10 Å². The van der Waals surface area contributed by atoms with Crippen LogP contribution in [0.4, 0.5) is 10.5 Å². The van der Waals surface area contributed by atoms with Crippen molar-refractivity contribution in [3.8, 4) is 11.1 Å². The number of aliphatic hydroxyl groups is 1. The van der Waals surface area contributed by atoms with Gasteiger partial charge in [-0.15, -0.1) is 0 Å². The van der Waals surface area contributed by atoms with Gasteiger partial charge in [0.15, 0.2) is 0 Å². The lowest BCUT2D eigenvalue weighted by molar-refractivity contribution is 0.225. The third kappa shape index (κ3) is 1.94. The Bertz CT molecular complexity index is 680. The number of aliphatic hydroxyl groups excluding tert-OH is 1. The minimum atomic E-state index is -0.627. The standard InChI is InChI=1S/C16H16N2O2/c1-18(2)16(20)17-10-7-8-12-11-5-3-4-6-13(11)15(19)14(12)9-10/h3-9,15,19H,1-2H3,(H,17,20). The Labute approximate surface area is 117 Å². The molecule has 0 fully saturated rings. The van der Waals surface area contributed by atoms with Crippen molar-refractivity contribution in [1.82, 2.24) is 4.90 Å². The van der Waals surface area contributed by atoms with E-state index in [1.807, 2.05) is 42.5 Å². The molecule has 4 nitrogen and oxygen atoms in total. The van der Waals surface area contributed by atoms with Crippen molar-refractivity contribution in [1.29, 1.82) is 0 Å². The van der Waals surface area contributed by atoms with Crippen LogP contribution in [0.15, 0.2) is 42.5 Å². The maximum atomic E-state index is 11.7. The molecule has 1 aliphatic carbocycles. The highest BCUT2D eigenvalue weighted by Crippen LogP contribution is 2.44. The molecule has 2 aromatic carbocycles. The zero-order valence-electron chi connectivity index (χ0n) is 11.4. The van der Waals surface area contributed by atoms with E-state index in [0.717, 1.165) is 22.3 Å². The molecule has 0 saturated heterocycles. The van der Waals surface area contributed by atoms with Crippen LogP contribution in [-0.2, 0) is 0 Å². The molecule has 4 heteroatoms. The normalized spacial score (nSPS) is 15.4. The predicted octanol–water partition coefficient (Wildman–Crippen LogP) is 2.84. The van der Waals surface area contributed by atoms with Gasteiger partial charge in [0.25, 0.3) is 0 Å². The van der Waals surface area contributed by atoms with Crippen molar-refractivity contribution in [3.05, 3.63) is 53.6 Å². The van der Waals surface area contributed by atoms with Gasteiger partial charge < -0.3 is 15.3 Å². The van der Waals surface area contributed by atoms with E-state index >= 15 is 0 Å². The van der Waals surface area contributed by atoms with Gasteiger partial charge in [-0.1, -0.05) is 30.3 Å². The molecule has 0 heterocycles. The summed E-state index contributed by atoms with van der Waals surface area (Å²) >= 11 is 0. The van der Waals surface area contributed by atoms with Crippen LogP contribution in [0, 0.1) is 0 Å². The molecule has 0 saturated carbocycles. The molecule has 2 N–H and O–H groups in total. The van der Waals surface area contributed by atoms with E-state index in [1.54, 1.807) is 14.1 Å². The molecule has 0 aromatic heterocycles. The number of hydrogen-bond donors (Lipinski definition) is 2. The van der Waals surface area contributed by atoms with Crippen LogP contribution in [0.1, 0.15) is 17.2 Å². The van der Waals surface area contributed by atoms with Gasteiger partial charge in [-0.3, -0.25) is 0 Å². The second kappa shape index (κ2) is 4.65. The first kappa shape index (κ1) is 12.7. The summed E-state index contributed by atoms with van der Waals surface area (Å²) in [5.74, 6) is 0. The Balaban J connectivity index is 1.98. The van der Waals surface area contributed by atoms with Crippen LogP contribution >= 0.6 is 0 Å². The second-order valence-electron chi connectivity index (χ2n) is 5.12. The van der Waals surface area contributed by atoms with E-state index in [0.29, 0.717) is 5.69 Å². The lowest BCUT2D eigenvalue weighted by atomic mass is 10.1. The quantitative estimate of drug-likeness (QED) is 0.835. The Morgan fingerprint density at radius 3 is 2.55 bits per heavy atom. The van der Waals surface area contributed by atoms with Gasteiger partial charge in [0.1, 0.15) is 6.10 Å². The molecule has 102 valence electrons. The number of anilines is 1. The zero-order chi connectivity index (χ0) is 14.3. The molecule has 0 spiro atoms. The van der Waals surface area contributed by atoms with Crippen molar-refractivity contribution in [2.45, 2.75) is 6.10 Å². The van der Waals surface area contributed by atoms with Crippen LogP contribution in [0.5, 0.6) is 0 Å². The van der Waals surface area contributed by atoms with Crippen LogP contribution in [0.3, 0.4) is 0 Å². The Morgan fingerprint density at radius 1 is 1.10 bits per heavy atom. The maximum absolute atomic E-state index is 11.7. The number of hydrogen-bond acceptors (Lipinski definition) is 2. The summed E-state index contributed by atoms with van der Waals surface area (Å²) in [7, 11) is 3.38. The fraction of sp³-hybridized carbons (Fsp3) is 0.188. The highest BCUT2D eigenvalue weighted by Gasteiger charge is 2.26. The lowest BCUT2D eigenvalue weighted by Gasteiger charge is -2.13. The number of carbonyl (C=O) groups is 1. The third-order valence-corrected chi connectivity index (χ3v) is 3.55. The topological polar surface area (TPSA) is 52.6 Å². The van der Waals surface area contributed by atoms with E-state index in [2.05, 4.69) is 5.32 Å². The molecule has 0 aliphatic heterocycles. The van der Waals surface area contributed by atoms with E-state index in [1.165, 1.54) is 4.90 Å². The molecule has 1 atom stereocenters. The Morgan fingerprint density at radius 2 is 1.80 bits per heavy atom. The number of nitrogens with one attached hydrogen (secondary N) is 1. The van der Waals surface area contributed by atoms with Gasteiger partial charge >= 0.3 is 6.03 Å². The molecule has 0 bridgehead atoms. The molecule has 1 unspecified atom stereocenters. The van der Waals surface area contributed by atoms with Gasteiger partial charge in [0.05, 0.1) is 0 Å². The number of fused-ring (bicyclic) bond motifs is 3. The second-order valence-corrected chi connectivity index (χ2v) is 5.12. The minimum Gasteiger partial charge on any atom is -0.384 e. The summed E-state index contributed by atoms with van der Waals surface area (Å²) in [6, 6.07) is 13.3. The third-order valence-electron chi connectivity index (χ3n) is 3.55. The minimum absolute atomic E-state index is 0.185. The first-order chi connectivity index (χ1) is 9.58. The molecule has 1 aliphatic rings. The van der Waals surface area contributed by atoms with Crippen LogP contribution in [0.2, 0.25) is 0 Å². The summed E-state index contributed by atoms with van der Waals surface area (Å²) in [6.45, 7) is 0. The number of nitrogens with zero attached hydrogens (tertiary/aromatic N) is 1. The number of benzene rings is 2. The lowest BCUT2D eigenvalue weighted by Crippen LogP contribution is -2.27. The van der Waals surface area contributed by atoms with Crippen LogP contribution in [0.25, 0.3) is 11.1 Å². The molecule has 20 heavy (non-hydrogen) atoms. The Kier molecular flexibility index (Phi) is 2.95. The smallest absolute Gasteiger partial charge is 0.321 e. The number of carbonyl (C=O) groups excluding carboxylic acids is 1. The summed E-state index contributed by atoms with van der Waals surface area (Å²) < 4.78 is 0. The van der Waals surface area contributed by atoms with E-state index in [-0.39, 0.29) is 6.03 Å². The highest BCUT2D eigenvalue weighted by atomic mass is 16.3. The predicted molar refractivity (Wildman–Crippen MR) is 78.6 cm³/mol. The number of urea groups is 1. The highest BCUT2D eigenvalue weighted by molar-refractivity contribution is 5.90.